The maximum Gasteiger partial charge on any atom is 0.212 e. The quantitative estimate of drug-likeness (QED) is 0.478. The molecule has 3 aromatic rings. The molecule has 0 fully saturated rings. The molecule has 0 spiro atoms. The lowest BCUT2D eigenvalue weighted by Gasteiger charge is -2.41. The molecule has 1 aliphatic rings. The van der Waals surface area contributed by atoms with Crippen LogP contribution in [0.4, 0.5) is 0 Å². The average Bonchev–Trinajstić information content (AvgIpc) is 3.20. The molecule has 1 aliphatic heterocycles. The number of benzene rings is 3. The number of hydrazone groups is 1. The molecule has 0 aliphatic carbocycles. The van der Waals surface area contributed by atoms with Gasteiger partial charge in [0.25, 0.3) is 0 Å². The molecular formula is C22H20BrN4. The van der Waals surface area contributed by atoms with Gasteiger partial charge < -0.3 is 0 Å². The van der Waals surface area contributed by atoms with Gasteiger partial charge >= 0.3 is 0 Å². The first-order valence-corrected chi connectivity index (χ1v) is 10.0. The lowest BCUT2D eigenvalue weighted by Crippen LogP contribution is -2.53. The number of rotatable bonds is 6. The number of hydrogen-bond donors (Lipinski definition) is 1. The molecular weight excluding hydrogens is 400 g/mol. The van der Waals surface area contributed by atoms with E-state index in [4.69, 9.17) is 0 Å². The summed E-state index contributed by atoms with van der Waals surface area (Å²) in [6.45, 7) is 0.758. The summed E-state index contributed by atoms with van der Waals surface area (Å²) in [5, 5.41) is 9.20. The van der Waals surface area contributed by atoms with E-state index in [1.807, 2.05) is 28.3 Å². The molecule has 4 rings (SSSR count). The van der Waals surface area contributed by atoms with E-state index in [1.165, 1.54) is 0 Å². The van der Waals surface area contributed by atoms with Crippen molar-refractivity contribution in [2.75, 3.05) is 11.9 Å². The van der Waals surface area contributed by atoms with E-state index in [9.17, 15) is 0 Å². The van der Waals surface area contributed by atoms with Crippen molar-refractivity contribution < 1.29 is 0 Å². The summed E-state index contributed by atoms with van der Waals surface area (Å²) in [6, 6.07) is 31.4. The molecule has 4 nitrogen and oxygen atoms in total. The third kappa shape index (κ3) is 3.24. The zero-order valence-electron chi connectivity index (χ0n) is 14.8. The Hall–Kier alpha value is -2.63. The highest BCUT2D eigenvalue weighted by atomic mass is 79.9. The zero-order valence-corrected chi connectivity index (χ0v) is 16.4. The molecule has 1 heterocycles. The number of nitrogens with zero attached hydrogens (tertiary/aromatic N) is 3. The summed E-state index contributed by atoms with van der Waals surface area (Å²) in [7, 11) is 0. The third-order valence-corrected chi connectivity index (χ3v) is 5.04. The van der Waals surface area contributed by atoms with Gasteiger partial charge in [0.2, 0.25) is 6.34 Å². The second kappa shape index (κ2) is 7.94. The molecule has 0 unspecified atom stereocenters. The fraction of sp³-hybridized carbons (Fsp3) is 0.136. The Labute approximate surface area is 168 Å². The molecule has 0 bridgehead atoms. The lowest BCUT2D eigenvalue weighted by molar-refractivity contribution is 0.0439. The van der Waals surface area contributed by atoms with Crippen LogP contribution in [-0.2, 0) is 5.54 Å². The SMILES string of the molecule is BrCCN1[C]=NN(C(c2ccccc2)(c2ccccc2)c2ccccc2)N1. The standard InChI is InChI=1S/C22H20BrN4/c23-16-17-26-18-24-27(25-26)22(19-10-4-1-5-11-19,20-12-6-2-7-13-20)21-14-8-3-9-15-21/h1-15,25H,16-17H2. The predicted molar refractivity (Wildman–Crippen MR) is 112 cm³/mol. The van der Waals surface area contributed by atoms with Gasteiger partial charge in [-0.2, -0.15) is 5.12 Å². The van der Waals surface area contributed by atoms with E-state index in [0.29, 0.717) is 0 Å². The molecule has 0 saturated carbocycles. The van der Waals surface area contributed by atoms with Crippen LogP contribution in [0.5, 0.6) is 0 Å². The van der Waals surface area contributed by atoms with Gasteiger partial charge in [-0.15, -0.1) is 10.6 Å². The Morgan fingerprint density at radius 3 is 1.63 bits per heavy atom. The van der Waals surface area contributed by atoms with Crippen molar-refractivity contribution in [1.82, 2.24) is 15.7 Å². The van der Waals surface area contributed by atoms with Crippen molar-refractivity contribution in [1.29, 1.82) is 0 Å². The molecule has 0 saturated heterocycles. The van der Waals surface area contributed by atoms with Crippen LogP contribution in [0.25, 0.3) is 0 Å². The van der Waals surface area contributed by atoms with Crippen LogP contribution < -0.4 is 5.53 Å². The summed E-state index contributed by atoms with van der Waals surface area (Å²) >= 11 is 3.48. The average molecular weight is 420 g/mol. The molecule has 5 heteroatoms. The summed E-state index contributed by atoms with van der Waals surface area (Å²) < 4.78 is 0. The van der Waals surface area contributed by atoms with E-state index in [2.05, 4.69) is 106 Å². The minimum atomic E-state index is -0.627. The molecule has 0 amide bonds. The van der Waals surface area contributed by atoms with Gasteiger partial charge in [-0.3, -0.25) is 5.01 Å². The summed E-state index contributed by atoms with van der Waals surface area (Å²) in [5.74, 6) is 0. The second-order valence-electron chi connectivity index (χ2n) is 6.26. The molecule has 3 aromatic carbocycles. The van der Waals surface area contributed by atoms with Crippen molar-refractivity contribution in [3.63, 3.8) is 0 Å². The highest BCUT2D eigenvalue weighted by Crippen LogP contribution is 2.42. The first-order valence-electron chi connectivity index (χ1n) is 8.88. The van der Waals surface area contributed by atoms with Crippen LogP contribution in [-0.4, -0.2) is 28.3 Å². The third-order valence-electron chi connectivity index (χ3n) is 4.68. The van der Waals surface area contributed by atoms with E-state index in [1.54, 1.807) is 0 Å². The normalized spacial score (nSPS) is 14.0. The van der Waals surface area contributed by atoms with Crippen LogP contribution in [0.1, 0.15) is 16.7 Å². The Kier molecular flexibility index (Phi) is 5.23. The van der Waals surface area contributed by atoms with E-state index >= 15 is 0 Å². The molecule has 1 radical (unpaired) electrons. The summed E-state index contributed by atoms with van der Waals surface area (Å²) in [5.41, 5.74) is 6.14. The Morgan fingerprint density at radius 2 is 1.22 bits per heavy atom. The van der Waals surface area contributed by atoms with Crippen LogP contribution in [0.3, 0.4) is 0 Å². The molecule has 0 aromatic heterocycles. The Balaban J connectivity index is 1.95. The second-order valence-corrected chi connectivity index (χ2v) is 7.05. The minimum Gasteiger partial charge on any atom is -0.267 e. The van der Waals surface area contributed by atoms with Crippen molar-refractivity contribution in [2.24, 2.45) is 5.10 Å². The first kappa shape index (κ1) is 17.8. The van der Waals surface area contributed by atoms with E-state index in [0.717, 1.165) is 28.6 Å². The number of alkyl halides is 1. The topological polar surface area (TPSA) is 30.9 Å². The van der Waals surface area contributed by atoms with Crippen LogP contribution >= 0.6 is 15.9 Å². The van der Waals surface area contributed by atoms with Gasteiger partial charge in [-0.05, 0) is 16.7 Å². The number of nitrogens with one attached hydrogen (secondary N) is 1. The van der Waals surface area contributed by atoms with Gasteiger partial charge in [-0.1, -0.05) is 107 Å². The predicted octanol–water partition coefficient (Wildman–Crippen LogP) is 4.23. The van der Waals surface area contributed by atoms with Gasteiger partial charge in [-0.25, -0.2) is 0 Å². The molecule has 1 N–H and O–H groups in total. The molecule has 135 valence electrons. The van der Waals surface area contributed by atoms with Gasteiger partial charge in [0.15, 0.2) is 5.54 Å². The summed E-state index contributed by atoms with van der Waals surface area (Å²) in [6.07, 6.45) is 3.07. The molecule has 27 heavy (non-hydrogen) atoms. The lowest BCUT2D eigenvalue weighted by atomic mass is 9.77. The monoisotopic (exact) mass is 419 g/mol. The van der Waals surface area contributed by atoms with Gasteiger partial charge in [0, 0.05) is 11.9 Å². The summed E-state index contributed by atoms with van der Waals surface area (Å²) in [4.78, 5) is 0. The minimum absolute atomic E-state index is 0.627. The number of halogens is 1. The maximum absolute atomic E-state index is 4.61. The van der Waals surface area contributed by atoms with Crippen LogP contribution in [0, 0.1) is 0 Å². The van der Waals surface area contributed by atoms with E-state index in [-0.39, 0.29) is 0 Å². The highest BCUT2D eigenvalue weighted by Gasteiger charge is 2.44. The van der Waals surface area contributed by atoms with E-state index < -0.39 is 5.54 Å². The largest absolute Gasteiger partial charge is 0.267 e. The zero-order chi connectivity index (χ0) is 18.5. The van der Waals surface area contributed by atoms with Crippen molar-refractivity contribution in [3.05, 3.63) is 108 Å². The highest BCUT2D eigenvalue weighted by molar-refractivity contribution is 9.09. The maximum atomic E-state index is 4.61. The fourth-order valence-electron chi connectivity index (χ4n) is 3.50. The Bertz CT molecular complexity index is 787. The number of hydrogen-bond acceptors (Lipinski definition) is 4. The van der Waals surface area contributed by atoms with Crippen molar-refractivity contribution >= 4 is 22.3 Å². The van der Waals surface area contributed by atoms with Crippen LogP contribution in [0.2, 0.25) is 0 Å². The van der Waals surface area contributed by atoms with Crippen molar-refractivity contribution in [2.45, 2.75) is 5.54 Å². The smallest absolute Gasteiger partial charge is 0.212 e. The van der Waals surface area contributed by atoms with Crippen LogP contribution in [0.15, 0.2) is 96.1 Å². The van der Waals surface area contributed by atoms with Crippen molar-refractivity contribution in [3.8, 4) is 0 Å². The number of hydrazine groups is 2. The van der Waals surface area contributed by atoms with Gasteiger partial charge in [0.05, 0.1) is 0 Å². The van der Waals surface area contributed by atoms with Gasteiger partial charge in [0.1, 0.15) is 0 Å². The molecule has 0 atom stereocenters. The first-order chi connectivity index (χ1) is 13.4. The fourth-order valence-corrected chi connectivity index (χ4v) is 3.85. The Morgan fingerprint density at radius 1 is 0.778 bits per heavy atom.